The third-order valence-corrected chi connectivity index (χ3v) is 12.8. The van der Waals surface area contributed by atoms with Gasteiger partial charge in [0, 0.05) is 11.1 Å². The Morgan fingerprint density at radius 1 is 0.274 bits per heavy atom. The zero-order chi connectivity index (χ0) is 41.6. The second kappa shape index (κ2) is 13.2. The van der Waals surface area contributed by atoms with Crippen molar-refractivity contribution in [2.75, 3.05) is 0 Å². The van der Waals surface area contributed by atoms with Gasteiger partial charge in [0.15, 0.2) is 0 Å². The average molecular weight is 781 g/mol. The fraction of sp³-hybridized carbons (Fsp3) is 0. The summed E-state index contributed by atoms with van der Waals surface area (Å²) in [6.07, 6.45) is 0. The van der Waals surface area contributed by atoms with Crippen LogP contribution in [0.2, 0.25) is 0 Å². The monoisotopic (exact) mass is 780 g/mol. The second-order valence-corrected chi connectivity index (χ2v) is 15.9. The van der Waals surface area contributed by atoms with Gasteiger partial charge in [0.05, 0.1) is 46.5 Å². The summed E-state index contributed by atoms with van der Waals surface area (Å²) >= 11 is 0. The first-order valence-electron chi connectivity index (χ1n) is 20.4. The van der Waals surface area contributed by atoms with E-state index in [9.17, 15) is 21.0 Å². The number of hydrogen-bond donors (Lipinski definition) is 0. The maximum absolute atomic E-state index is 11.2. The van der Waals surface area contributed by atoms with Crippen molar-refractivity contribution in [3.05, 3.63) is 192 Å². The summed E-state index contributed by atoms with van der Waals surface area (Å²) in [6.45, 7) is 0. The highest BCUT2D eigenvalue weighted by molar-refractivity contribution is 6.42. The van der Waals surface area contributed by atoms with E-state index in [-0.39, 0.29) is 0 Å². The van der Waals surface area contributed by atoms with Crippen molar-refractivity contribution in [2.45, 2.75) is 0 Å². The molecule has 0 N–H and O–H groups in total. The van der Waals surface area contributed by atoms with Crippen LogP contribution in [-0.4, -0.2) is 0 Å². The molecular formula is C58H28N4. The molecule has 4 heteroatoms. The summed E-state index contributed by atoms with van der Waals surface area (Å²) in [5, 5.41) is 57.8. The predicted octanol–water partition coefficient (Wildman–Crippen LogP) is 14.8. The summed E-state index contributed by atoms with van der Waals surface area (Å²) in [7, 11) is 0. The number of nitrogens with zero attached hydrogens (tertiary/aromatic N) is 4. The number of hydrogen-bond acceptors (Lipinski definition) is 4. The van der Waals surface area contributed by atoms with E-state index in [1.807, 2.05) is 72.8 Å². The van der Waals surface area contributed by atoms with Gasteiger partial charge in [0.1, 0.15) is 0 Å². The second-order valence-electron chi connectivity index (χ2n) is 15.9. The normalized spacial score (nSPS) is 11.5. The average Bonchev–Trinajstić information content (AvgIpc) is 3.84. The summed E-state index contributed by atoms with van der Waals surface area (Å²) in [5.74, 6) is 0. The van der Waals surface area contributed by atoms with E-state index in [4.69, 9.17) is 0 Å². The smallest absolute Gasteiger partial charge is 0.0998 e. The quantitative estimate of drug-likeness (QED) is 0.178. The van der Waals surface area contributed by atoms with E-state index in [0.29, 0.717) is 22.3 Å². The van der Waals surface area contributed by atoms with Gasteiger partial charge < -0.3 is 0 Å². The minimum Gasteiger partial charge on any atom is -0.192 e. The van der Waals surface area contributed by atoms with Crippen LogP contribution >= 0.6 is 0 Å². The molecule has 280 valence electrons. The first-order valence-corrected chi connectivity index (χ1v) is 20.4. The molecule has 0 saturated heterocycles. The molecule has 0 saturated carbocycles. The molecule has 0 radical (unpaired) electrons. The van der Waals surface area contributed by atoms with Crippen LogP contribution in [0.1, 0.15) is 22.3 Å². The predicted molar refractivity (Wildman–Crippen MR) is 252 cm³/mol. The SMILES string of the molecule is N#Cc1cc(C#N)c(-c2c3cc4c(cc3c(-c3c(C#N)cc(C#N)cc3-c3ccccc3)c3c5cccc6cccc(c23)c65)c2cccc3cccc4c32)c(-c2ccccc2)c1. The number of nitriles is 4. The molecule has 0 heterocycles. The Kier molecular flexibility index (Phi) is 7.45. The number of fused-ring (bicyclic) bond motifs is 7. The minimum absolute atomic E-state index is 0.397. The molecule has 0 aliphatic heterocycles. The maximum Gasteiger partial charge on any atom is 0.0998 e. The fourth-order valence-electron chi connectivity index (χ4n) is 10.4. The van der Waals surface area contributed by atoms with Gasteiger partial charge in [-0.05, 0) is 145 Å². The lowest BCUT2D eigenvalue weighted by molar-refractivity contribution is 1.44. The van der Waals surface area contributed by atoms with E-state index < -0.39 is 0 Å². The molecule has 0 aromatic heterocycles. The Hall–Kier alpha value is -9.06. The van der Waals surface area contributed by atoms with E-state index >= 15 is 0 Å². The molecule has 0 aliphatic rings. The third-order valence-electron chi connectivity index (χ3n) is 12.8. The largest absolute Gasteiger partial charge is 0.192 e. The Bertz CT molecular complexity index is 3810. The molecule has 0 spiro atoms. The van der Waals surface area contributed by atoms with Crippen LogP contribution in [0.3, 0.4) is 0 Å². The zero-order valence-corrected chi connectivity index (χ0v) is 33.0. The van der Waals surface area contributed by atoms with Gasteiger partial charge in [-0.25, -0.2) is 0 Å². The van der Waals surface area contributed by atoms with E-state index in [1.165, 1.54) is 5.39 Å². The first kappa shape index (κ1) is 34.9. The van der Waals surface area contributed by atoms with Crippen molar-refractivity contribution in [1.29, 1.82) is 21.0 Å². The van der Waals surface area contributed by atoms with E-state index in [0.717, 1.165) is 115 Å². The molecule has 0 fully saturated rings. The van der Waals surface area contributed by atoms with Gasteiger partial charge in [-0.2, -0.15) is 21.0 Å². The summed E-state index contributed by atoms with van der Waals surface area (Å²) < 4.78 is 0. The number of rotatable bonds is 4. The zero-order valence-electron chi connectivity index (χ0n) is 33.0. The van der Waals surface area contributed by atoms with Crippen molar-refractivity contribution in [1.82, 2.24) is 0 Å². The summed E-state index contributed by atoms with van der Waals surface area (Å²) in [5.41, 5.74) is 8.21. The first-order chi connectivity index (χ1) is 30.6. The molecule has 0 amide bonds. The van der Waals surface area contributed by atoms with Crippen LogP contribution in [0.25, 0.3) is 120 Å². The Balaban J connectivity index is 1.44. The van der Waals surface area contributed by atoms with Crippen LogP contribution in [0.4, 0.5) is 0 Å². The Labute approximate surface area is 355 Å². The van der Waals surface area contributed by atoms with Crippen LogP contribution in [-0.2, 0) is 0 Å². The Morgan fingerprint density at radius 2 is 0.661 bits per heavy atom. The van der Waals surface area contributed by atoms with Crippen LogP contribution in [0.15, 0.2) is 170 Å². The lowest BCUT2D eigenvalue weighted by Gasteiger charge is -2.22. The molecule has 0 bridgehead atoms. The van der Waals surface area contributed by atoms with Crippen molar-refractivity contribution in [3.63, 3.8) is 0 Å². The highest BCUT2D eigenvalue weighted by Crippen LogP contribution is 2.56. The standard InChI is InChI=1S/C58H28N4/c59-29-33-23-39(31-61)53(45(25-33)35-11-3-1-4-12-35)57-49-27-47-41-19-7-15-37-16-8-20-42(51(37)41)48(47)28-50(49)58(56-44-22-10-18-38-17-9-21-43(52(38)44)55(56)57)54-40(32-62)24-34(30-60)26-46(54)36-13-5-2-6-14-36/h1-28H. The van der Waals surface area contributed by atoms with Gasteiger partial charge in [0.2, 0.25) is 0 Å². The van der Waals surface area contributed by atoms with Crippen LogP contribution in [0, 0.1) is 45.3 Å². The topological polar surface area (TPSA) is 95.2 Å². The van der Waals surface area contributed by atoms with Crippen LogP contribution < -0.4 is 0 Å². The summed E-state index contributed by atoms with van der Waals surface area (Å²) in [6, 6.07) is 67.3. The lowest BCUT2D eigenvalue weighted by Crippen LogP contribution is -1.98. The fourth-order valence-corrected chi connectivity index (χ4v) is 10.4. The van der Waals surface area contributed by atoms with Crippen LogP contribution in [0.5, 0.6) is 0 Å². The van der Waals surface area contributed by atoms with E-state index in [1.54, 1.807) is 12.1 Å². The Morgan fingerprint density at radius 3 is 1.05 bits per heavy atom. The van der Waals surface area contributed by atoms with Crippen molar-refractivity contribution in [3.8, 4) is 68.8 Å². The molecule has 0 aliphatic carbocycles. The third kappa shape index (κ3) is 4.79. The maximum atomic E-state index is 11.2. The van der Waals surface area contributed by atoms with Gasteiger partial charge in [0.25, 0.3) is 0 Å². The molecule has 0 unspecified atom stereocenters. The van der Waals surface area contributed by atoms with Crippen molar-refractivity contribution in [2.24, 2.45) is 0 Å². The molecule has 62 heavy (non-hydrogen) atoms. The highest BCUT2D eigenvalue weighted by atomic mass is 14.3. The van der Waals surface area contributed by atoms with Gasteiger partial charge in [-0.1, -0.05) is 133 Å². The number of benzene rings is 10. The minimum atomic E-state index is 0.397. The molecule has 12 aromatic rings. The molecule has 12 rings (SSSR count). The van der Waals surface area contributed by atoms with Crippen molar-refractivity contribution < 1.29 is 0 Å². The van der Waals surface area contributed by atoms with E-state index in [2.05, 4.69) is 109 Å². The molecule has 0 atom stereocenters. The highest BCUT2D eigenvalue weighted by Gasteiger charge is 2.30. The lowest BCUT2D eigenvalue weighted by atomic mass is 9.79. The van der Waals surface area contributed by atoms with Crippen molar-refractivity contribution >= 4 is 75.4 Å². The molecule has 4 nitrogen and oxygen atoms in total. The molecule has 12 aromatic carbocycles. The van der Waals surface area contributed by atoms with Gasteiger partial charge in [-0.15, -0.1) is 0 Å². The summed E-state index contributed by atoms with van der Waals surface area (Å²) in [4.78, 5) is 0. The van der Waals surface area contributed by atoms with Gasteiger partial charge >= 0.3 is 0 Å². The van der Waals surface area contributed by atoms with Gasteiger partial charge in [-0.3, -0.25) is 0 Å². The molecular weight excluding hydrogens is 753 g/mol.